The maximum absolute atomic E-state index is 6.05. The highest BCUT2D eigenvalue weighted by molar-refractivity contribution is 14.0. The van der Waals surface area contributed by atoms with Crippen LogP contribution < -0.4 is 15.4 Å². The van der Waals surface area contributed by atoms with Crippen LogP contribution in [0.2, 0.25) is 0 Å². The van der Waals surface area contributed by atoms with Gasteiger partial charge in [0.25, 0.3) is 0 Å². The van der Waals surface area contributed by atoms with Gasteiger partial charge in [-0.05, 0) is 43.7 Å². The van der Waals surface area contributed by atoms with Crippen molar-refractivity contribution in [3.05, 3.63) is 45.4 Å². The van der Waals surface area contributed by atoms with Gasteiger partial charge in [-0.15, -0.1) is 35.3 Å². The van der Waals surface area contributed by atoms with Crippen molar-refractivity contribution in [3.8, 4) is 5.75 Å². The molecule has 1 aromatic carbocycles. The van der Waals surface area contributed by atoms with Gasteiger partial charge in [0.2, 0.25) is 0 Å². The van der Waals surface area contributed by atoms with E-state index in [1.165, 1.54) is 23.4 Å². The molecule has 1 aliphatic carbocycles. The quantitative estimate of drug-likeness (QED) is 0.297. The number of ether oxygens (including phenoxy) is 1. The maximum Gasteiger partial charge on any atom is 0.191 e. The summed E-state index contributed by atoms with van der Waals surface area (Å²) in [5, 5.41) is 10.1. The number of nitrogens with zero attached hydrogens (tertiary/aromatic N) is 2. The molecule has 154 valence electrons. The first-order chi connectivity index (χ1) is 13.2. The van der Waals surface area contributed by atoms with Gasteiger partial charge in [-0.1, -0.05) is 19.1 Å². The summed E-state index contributed by atoms with van der Waals surface area (Å²) in [6.07, 6.45) is 4.50. The van der Waals surface area contributed by atoms with Crippen molar-refractivity contribution in [2.45, 2.75) is 46.1 Å². The summed E-state index contributed by atoms with van der Waals surface area (Å²) in [7, 11) is 1.80. The van der Waals surface area contributed by atoms with Crippen LogP contribution in [0.1, 0.15) is 41.6 Å². The van der Waals surface area contributed by atoms with Gasteiger partial charge in [-0.25, -0.2) is 4.98 Å². The van der Waals surface area contributed by atoms with E-state index in [2.05, 4.69) is 58.0 Å². The smallest absolute Gasteiger partial charge is 0.191 e. The van der Waals surface area contributed by atoms with Crippen LogP contribution in [0, 0.1) is 12.8 Å². The minimum atomic E-state index is 0. The van der Waals surface area contributed by atoms with Gasteiger partial charge in [0.15, 0.2) is 5.96 Å². The molecule has 1 saturated carbocycles. The highest BCUT2D eigenvalue weighted by Crippen LogP contribution is 2.30. The van der Waals surface area contributed by atoms with E-state index >= 15 is 0 Å². The molecule has 5 nitrogen and oxygen atoms in total. The molecule has 0 atom stereocenters. The van der Waals surface area contributed by atoms with Crippen molar-refractivity contribution < 1.29 is 4.74 Å². The van der Waals surface area contributed by atoms with Crippen molar-refractivity contribution >= 4 is 41.3 Å². The Hall–Kier alpha value is -1.35. The summed E-state index contributed by atoms with van der Waals surface area (Å²) in [6.45, 7) is 6.57. The summed E-state index contributed by atoms with van der Waals surface area (Å²) < 4.78 is 6.05. The SMILES string of the molecule is CCc1nc(CCNC(=NC)NCc2ccc(C)cc2OCC2CC2)cs1.I. The van der Waals surface area contributed by atoms with E-state index in [4.69, 9.17) is 4.74 Å². The van der Waals surface area contributed by atoms with Gasteiger partial charge >= 0.3 is 0 Å². The number of thiazole rings is 1. The monoisotopic (exact) mass is 514 g/mol. The molecular formula is C21H31IN4OS. The highest BCUT2D eigenvalue weighted by Gasteiger charge is 2.22. The van der Waals surface area contributed by atoms with Gasteiger partial charge < -0.3 is 15.4 Å². The zero-order chi connectivity index (χ0) is 19.1. The normalized spacial score (nSPS) is 13.8. The second-order valence-electron chi connectivity index (χ2n) is 7.05. The fraction of sp³-hybridized carbons (Fsp3) is 0.524. The Kier molecular flexibility index (Phi) is 9.50. The second kappa shape index (κ2) is 11.6. The molecule has 0 bridgehead atoms. The number of guanidine groups is 1. The Morgan fingerprint density at radius 2 is 2.14 bits per heavy atom. The van der Waals surface area contributed by atoms with Gasteiger partial charge in [-0.3, -0.25) is 4.99 Å². The number of aliphatic imine (C=N–C) groups is 1. The zero-order valence-electron chi connectivity index (χ0n) is 17.0. The van der Waals surface area contributed by atoms with E-state index in [0.717, 1.165) is 54.9 Å². The van der Waals surface area contributed by atoms with Gasteiger partial charge in [0.1, 0.15) is 5.75 Å². The molecule has 1 fully saturated rings. The second-order valence-corrected chi connectivity index (χ2v) is 8.00. The third kappa shape index (κ3) is 7.24. The Bertz CT molecular complexity index is 774. The van der Waals surface area contributed by atoms with Crippen molar-refractivity contribution in [3.63, 3.8) is 0 Å². The number of aryl methyl sites for hydroxylation is 2. The Morgan fingerprint density at radius 3 is 2.82 bits per heavy atom. The summed E-state index contributed by atoms with van der Waals surface area (Å²) >= 11 is 1.74. The van der Waals surface area contributed by atoms with Crippen LogP contribution in [0.25, 0.3) is 0 Å². The van der Waals surface area contributed by atoms with E-state index in [1.54, 1.807) is 18.4 Å². The predicted octanol–water partition coefficient (Wildman–Crippen LogP) is 4.33. The molecule has 28 heavy (non-hydrogen) atoms. The van der Waals surface area contributed by atoms with Gasteiger partial charge in [0.05, 0.1) is 17.3 Å². The molecule has 7 heteroatoms. The molecule has 0 saturated heterocycles. The predicted molar refractivity (Wildman–Crippen MR) is 128 cm³/mol. The van der Waals surface area contributed by atoms with Gasteiger partial charge in [-0.2, -0.15) is 0 Å². The molecule has 0 radical (unpaired) electrons. The molecule has 3 rings (SSSR count). The fourth-order valence-corrected chi connectivity index (χ4v) is 3.55. The van der Waals surface area contributed by atoms with Crippen molar-refractivity contribution in [2.75, 3.05) is 20.2 Å². The Balaban J connectivity index is 0.00000280. The van der Waals surface area contributed by atoms with Gasteiger partial charge in [0, 0.05) is 37.5 Å². The molecule has 2 N–H and O–H groups in total. The maximum atomic E-state index is 6.05. The number of hydrogen-bond donors (Lipinski definition) is 2. The Labute approximate surface area is 189 Å². The standard InChI is InChI=1S/C21H30N4OS.HI/c1-4-20-25-18(14-27-20)9-10-23-21(22-3)24-12-17-8-5-15(2)11-19(17)26-13-16-6-7-16;/h5,8,11,14,16H,4,6-7,9-10,12-13H2,1-3H3,(H2,22,23,24);1H. The largest absolute Gasteiger partial charge is 0.493 e. The topological polar surface area (TPSA) is 58.5 Å². The van der Waals surface area contributed by atoms with Crippen LogP contribution in [0.4, 0.5) is 0 Å². The van der Waals surface area contributed by atoms with Crippen LogP contribution in [0.3, 0.4) is 0 Å². The lowest BCUT2D eigenvalue weighted by Gasteiger charge is -2.15. The minimum Gasteiger partial charge on any atom is -0.493 e. The van der Waals surface area contributed by atoms with E-state index in [1.807, 2.05) is 0 Å². The summed E-state index contributed by atoms with van der Waals surface area (Å²) in [6, 6.07) is 6.40. The third-order valence-corrected chi connectivity index (χ3v) is 5.68. The van der Waals surface area contributed by atoms with E-state index in [-0.39, 0.29) is 24.0 Å². The molecule has 1 heterocycles. The summed E-state index contributed by atoms with van der Waals surface area (Å²) in [5.41, 5.74) is 3.53. The number of nitrogens with one attached hydrogen (secondary N) is 2. The first kappa shape index (κ1) is 22.9. The first-order valence-electron chi connectivity index (χ1n) is 9.78. The van der Waals surface area contributed by atoms with Crippen molar-refractivity contribution in [1.29, 1.82) is 0 Å². The van der Waals surface area contributed by atoms with E-state index in [9.17, 15) is 0 Å². The minimum absolute atomic E-state index is 0. The number of aromatic nitrogens is 1. The van der Waals surface area contributed by atoms with E-state index in [0.29, 0.717) is 6.54 Å². The first-order valence-corrected chi connectivity index (χ1v) is 10.7. The molecule has 0 unspecified atom stereocenters. The van der Waals surface area contributed by atoms with E-state index < -0.39 is 0 Å². The summed E-state index contributed by atoms with van der Waals surface area (Å²) in [4.78, 5) is 8.93. The number of hydrogen-bond acceptors (Lipinski definition) is 4. The Morgan fingerprint density at radius 1 is 1.32 bits per heavy atom. The lowest BCUT2D eigenvalue weighted by atomic mass is 10.1. The average molecular weight is 514 g/mol. The molecule has 0 amide bonds. The van der Waals surface area contributed by atoms with Crippen LogP contribution in [0.15, 0.2) is 28.6 Å². The van der Waals surface area contributed by atoms with Crippen LogP contribution >= 0.6 is 35.3 Å². The molecule has 2 aromatic rings. The van der Waals surface area contributed by atoms with Crippen LogP contribution in [-0.4, -0.2) is 31.1 Å². The number of halogens is 1. The lowest BCUT2D eigenvalue weighted by Crippen LogP contribution is -2.38. The molecule has 1 aromatic heterocycles. The number of rotatable bonds is 9. The molecular weight excluding hydrogens is 483 g/mol. The van der Waals surface area contributed by atoms with Crippen LogP contribution in [0.5, 0.6) is 5.75 Å². The molecule has 0 aliphatic heterocycles. The number of benzene rings is 1. The fourth-order valence-electron chi connectivity index (χ4n) is 2.77. The highest BCUT2D eigenvalue weighted by atomic mass is 127. The lowest BCUT2D eigenvalue weighted by molar-refractivity contribution is 0.296. The summed E-state index contributed by atoms with van der Waals surface area (Å²) in [5.74, 6) is 2.54. The molecule has 0 spiro atoms. The third-order valence-electron chi connectivity index (χ3n) is 4.64. The van der Waals surface area contributed by atoms with Crippen molar-refractivity contribution in [2.24, 2.45) is 10.9 Å². The van der Waals surface area contributed by atoms with Crippen molar-refractivity contribution in [1.82, 2.24) is 15.6 Å². The zero-order valence-corrected chi connectivity index (χ0v) is 20.1. The van der Waals surface area contributed by atoms with Crippen LogP contribution in [-0.2, 0) is 19.4 Å². The average Bonchev–Trinajstić information content (AvgIpc) is 3.40. The molecule has 1 aliphatic rings.